The fourth-order valence-corrected chi connectivity index (χ4v) is 2.97. The van der Waals surface area contributed by atoms with Gasteiger partial charge in [0.15, 0.2) is 0 Å². The second kappa shape index (κ2) is 5.43. The van der Waals surface area contributed by atoms with Gasteiger partial charge < -0.3 is 9.88 Å². The molecule has 1 aromatic heterocycles. The summed E-state index contributed by atoms with van der Waals surface area (Å²) in [7, 11) is -4.22. The number of benzene rings is 1. The van der Waals surface area contributed by atoms with E-state index in [0.29, 0.717) is 11.9 Å². The lowest BCUT2D eigenvalue weighted by molar-refractivity contribution is 0.484. The van der Waals surface area contributed by atoms with E-state index in [2.05, 4.69) is 10.3 Å². The van der Waals surface area contributed by atoms with Crippen LogP contribution in [0.5, 0.6) is 0 Å². The maximum atomic E-state index is 11.4. The zero-order valence-electron chi connectivity index (χ0n) is 10.5. The Bertz CT molecular complexity index is 767. The molecule has 0 radical (unpaired) electrons. The number of amidine groups is 1. The predicted molar refractivity (Wildman–Crippen MR) is 79.3 cm³/mol. The molecule has 0 amide bonds. The van der Waals surface area contributed by atoms with Gasteiger partial charge in [0.25, 0.3) is 10.1 Å². The molecule has 0 saturated heterocycles. The number of rotatable bonds is 3. The Hall–Kier alpha value is -1.57. The molecule has 1 aromatic carbocycles. The first-order chi connectivity index (χ1) is 9.05. The van der Waals surface area contributed by atoms with Gasteiger partial charge in [0.1, 0.15) is 10.7 Å². The average Bonchev–Trinajstić information content (AvgIpc) is 2.97. The van der Waals surface area contributed by atoms with E-state index in [-0.39, 0.29) is 17.3 Å². The molecule has 8 heteroatoms. The maximum absolute atomic E-state index is 11.4. The van der Waals surface area contributed by atoms with Crippen molar-refractivity contribution in [3.63, 3.8) is 0 Å². The van der Waals surface area contributed by atoms with Crippen LogP contribution in [0.3, 0.4) is 0 Å². The molecular formula is C12H14ClN3O3S. The first-order valence-electron chi connectivity index (χ1n) is 5.88. The molecule has 0 fully saturated rings. The van der Waals surface area contributed by atoms with Crippen LogP contribution < -0.4 is 5.32 Å². The summed E-state index contributed by atoms with van der Waals surface area (Å²) in [5, 5.41) is 3.65. The van der Waals surface area contributed by atoms with Crippen molar-refractivity contribution in [2.75, 3.05) is 13.1 Å². The van der Waals surface area contributed by atoms with Crippen LogP contribution in [0.15, 0.2) is 40.4 Å². The fraction of sp³-hybridized carbons (Fsp3) is 0.250. The largest absolute Gasteiger partial charge is 0.370 e. The van der Waals surface area contributed by atoms with Crippen molar-refractivity contribution in [1.29, 1.82) is 0 Å². The molecule has 6 nitrogen and oxygen atoms in total. The van der Waals surface area contributed by atoms with Gasteiger partial charge in [-0.15, -0.1) is 12.4 Å². The maximum Gasteiger partial charge on any atom is 0.296 e. The van der Waals surface area contributed by atoms with Gasteiger partial charge in [-0.2, -0.15) is 8.42 Å². The normalized spacial score (nSPS) is 14.8. The zero-order chi connectivity index (χ0) is 13.5. The summed E-state index contributed by atoms with van der Waals surface area (Å²) in [5.41, 5.74) is 0.756. The highest BCUT2D eigenvalue weighted by Crippen LogP contribution is 2.25. The van der Waals surface area contributed by atoms with Crippen LogP contribution in [0.2, 0.25) is 0 Å². The second-order valence-corrected chi connectivity index (χ2v) is 5.76. The van der Waals surface area contributed by atoms with Crippen LogP contribution in [-0.4, -0.2) is 36.5 Å². The molecule has 1 aliphatic rings. The van der Waals surface area contributed by atoms with Crippen molar-refractivity contribution >= 4 is 39.3 Å². The van der Waals surface area contributed by atoms with E-state index in [1.54, 1.807) is 16.7 Å². The summed E-state index contributed by atoms with van der Waals surface area (Å²) < 4.78 is 33.8. The molecule has 0 spiro atoms. The second-order valence-electron chi connectivity index (χ2n) is 4.37. The van der Waals surface area contributed by atoms with E-state index in [1.807, 2.05) is 12.1 Å². The molecule has 2 N–H and O–H groups in total. The van der Waals surface area contributed by atoms with Crippen molar-refractivity contribution in [2.45, 2.75) is 11.4 Å². The first kappa shape index (κ1) is 14.8. The summed E-state index contributed by atoms with van der Waals surface area (Å²) in [6.07, 6.45) is 1.45. The monoisotopic (exact) mass is 315 g/mol. The molecule has 0 atom stereocenters. The van der Waals surface area contributed by atoms with Gasteiger partial charge in [0.2, 0.25) is 0 Å². The number of nitrogens with one attached hydrogen (secondary N) is 1. The van der Waals surface area contributed by atoms with Crippen LogP contribution in [0.25, 0.3) is 10.9 Å². The van der Waals surface area contributed by atoms with E-state index < -0.39 is 10.1 Å². The highest BCUT2D eigenvalue weighted by atomic mass is 35.5. The third kappa shape index (κ3) is 2.65. The number of nitrogens with zero attached hydrogens (tertiary/aromatic N) is 2. The molecular weight excluding hydrogens is 302 g/mol. The summed E-state index contributed by atoms with van der Waals surface area (Å²) in [6, 6.07) is 7.07. The van der Waals surface area contributed by atoms with Gasteiger partial charge in [0, 0.05) is 23.6 Å². The van der Waals surface area contributed by atoms with Gasteiger partial charge in [-0.25, -0.2) is 0 Å². The number of hydrogen-bond donors (Lipinski definition) is 2. The SMILES string of the molecule is Cl.O=S(=O)(O)c1cn(CC2=NCCN2)c2ccccc12. The van der Waals surface area contributed by atoms with Crippen molar-refractivity contribution in [2.24, 2.45) is 4.99 Å². The Morgan fingerprint density at radius 2 is 2.10 bits per heavy atom. The van der Waals surface area contributed by atoms with Crippen LogP contribution in [0, 0.1) is 0 Å². The van der Waals surface area contributed by atoms with E-state index in [4.69, 9.17) is 0 Å². The lowest BCUT2D eigenvalue weighted by atomic mass is 10.2. The Morgan fingerprint density at radius 3 is 2.75 bits per heavy atom. The third-order valence-corrected chi connectivity index (χ3v) is 3.97. The van der Waals surface area contributed by atoms with Crippen molar-refractivity contribution in [1.82, 2.24) is 9.88 Å². The van der Waals surface area contributed by atoms with Crippen molar-refractivity contribution < 1.29 is 13.0 Å². The minimum Gasteiger partial charge on any atom is -0.370 e. The number of aliphatic imine (C=N–C) groups is 1. The van der Waals surface area contributed by atoms with Crippen LogP contribution in [0.4, 0.5) is 0 Å². The van der Waals surface area contributed by atoms with Crippen LogP contribution in [0.1, 0.15) is 0 Å². The first-order valence-corrected chi connectivity index (χ1v) is 7.32. The summed E-state index contributed by atoms with van der Waals surface area (Å²) in [5.74, 6) is 0.822. The smallest absolute Gasteiger partial charge is 0.296 e. The highest BCUT2D eigenvalue weighted by Gasteiger charge is 2.19. The number of aromatic nitrogens is 1. The predicted octanol–water partition coefficient (Wildman–Crippen LogP) is 1.31. The Labute approximate surface area is 122 Å². The van der Waals surface area contributed by atoms with E-state index >= 15 is 0 Å². The molecule has 0 bridgehead atoms. The van der Waals surface area contributed by atoms with Gasteiger partial charge in [-0.05, 0) is 6.07 Å². The molecule has 108 valence electrons. The van der Waals surface area contributed by atoms with E-state index in [9.17, 15) is 13.0 Å². The number of halogens is 1. The molecule has 20 heavy (non-hydrogen) atoms. The summed E-state index contributed by atoms with van der Waals surface area (Å²) >= 11 is 0. The Morgan fingerprint density at radius 1 is 1.35 bits per heavy atom. The van der Waals surface area contributed by atoms with E-state index in [1.165, 1.54) is 6.20 Å². The summed E-state index contributed by atoms with van der Waals surface area (Å²) in [6.45, 7) is 2.01. The zero-order valence-corrected chi connectivity index (χ0v) is 12.1. The molecule has 0 saturated carbocycles. The summed E-state index contributed by atoms with van der Waals surface area (Å²) in [4.78, 5) is 4.21. The Kier molecular flexibility index (Phi) is 4.03. The van der Waals surface area contributed by atoms with Gasteiger partial charge >= 0.3 is 0 Å². The topological polar surface area (TPSA) is 83.7 Å². The van der Waals surface area contributed by atoms with Gasteiger partial charge in [-0.3, -0.25) is 9.55 Å². The molecule has 3 rings (SSSR count). The number of fused-ring (bicyclic) bond motifs is 1. The fourth-order valence-electron chi connectivity index (χ4n) is 2.26. The number of hydrogen-bond acceptors (Lipinski definition) is 4. The molecule has 1 aliphatic heterocycles. The van der Waals surface area contributed by atoms with Crippen LogP contribution >= 0.6 is 12.4 Å². The minimum atomic E-state index is -4.22. The quantitative estimate of drug-likeness (QED) is 0.837. The molecule has 2 heterocycles. The molecule has 0 aliphatic carbocycles. The average molecular weight is 316 g/mol. The van der Waals surface area contributed by atoms with E-state index in [0.717, 1.165) is 24.4 Å². The molecule has 0 unspecified atom stereocenters. The standard InChI is InChI=1S/C12H13N3O3S.ClH/c16-19(17,18)11-7-15(8-12-13-5-6-14-12)10-4-2-1-3-9(10)11;/h1-4,7H,5-6,8H2,(H,13,14)(H,16,17,18);1H. The lowest BCUT2D eigenvalue weighted by Crippen LogP contribution is -2.23. The number of para-hydroxylation sites is 1. The minimum absolute atomic E-state index is 0. The van der Waals surface area contributed by atoms with Gasteiger partial charge in [0.05, 0.1) is 13.1 Å². The Balaban J connectivity index is 0.00000147. The highest BCUT2D eigenvalue weighted by molar-refractivity contribution is 7.86. The lowest BCUT2D eigenvalue weighted by Gasteiger charge is -2.05. The van der Waals surface area contributed by atoms with Crippen molar-refractivity contribution in [3.8, 4) is 0 Å². The molecule has 2 aromatic rings. The van der Waals surface area contributed by atoms with Gasteiger partial charge in [-0.1, -0.05) is 18.2 Å². The van der Waals surface area contributed by atoms with Crippen molar-refractivity contribution in [3.05, 3.63) is 30.5 Å². The van der Waals surface area contributed by atoms with Crippen LogP contribution in [-0.2, 0) is 16.7 Å². The third-order valence-electron chi connectivity index (χ3n) is 3.09.